The lowest BCUT2D eigenvalue weighted by molar-refractivity contribution is -0.117. The number of sulfonamides is 1. The summed E-state index contributed by atoms with van der Waals surface area (Å²) in [7, 11) is -3.59. The number of pyridine rings is 1. The molecule has 1 aliphatic rings. The summed E-state index contributed by atoms with van der Waals surface area (Å²) >= 11 is 0. The van der Waals surface area contributed by atoms with E-state index in [1.165, 1.54) is 12.1 Å². The molecule has 2 heterocycles. The molecule has 0 aliphatic carbocycles. The molecule has 0 unspecified atom stereocenters. The van der Waals surface area contributed by atoms with Gasteiger partial charge in [0.25, 0.3) is 0 Å². The van der Waals surface area contributed by atoms with E-state index in [1.54, 1.807) is 41.6 Å². The number of benzene rings is 1. The number of aromatic nitrogens is 1. The van der Waals surface area contributed by atoms with Crippen molar-refractivity contribution in [3.63, 3.8) is 0 Å². The molecule has 1 fully saturated rings. The summed E-state index contributed by atoms with van der Waals surface area (Å²) < 4.78 is 27.1. The van der Waals surface area contributed by atoms with Gasteiger partial charge in [-0.2, -0.15) is 0 Å². The summed E-state index contributed by atoms with van der Waals surface area (Å²) in [5.74, 6) is 0.0790. The molecule has 6 nitrogen and oxygen atoms in total. The normalized spacial score (nSPS) is 15.1. The molecular formula is C16H17N3O3S. The van der Waals surface area contributed by atoms with Crippen LogP contribution in [0.15, 0.2) is 53.7 Å². The van der Waals surface area contributed by atoms with Crippen LogP contribution in [-0.4, -0.2) is 25.9 Å². The topological polar surface area (TPSA) is 79.4 Å². The van der Waals surface area contributed by atoms with Gasteiger partial charge in [0, 0.05) is 37.6 Å². The van der Waals surface area contributed by atoms with Crippen molar-refractivity contribution in [1.29, 1.82) is 0 Å². The second-order valence-electron chi connectivity index (χ2n) is 5.33. The highest BCUT2D eigenvalue weighted by atomic mass is 32.2. The Morgan fingerprint density at radius 1 is 1.17 bits per heavy atom. The second kappa shape index (κ2) is 6.47. The lowest BCUT2D eigenvalue weighted by atomic mass is 10.3. The van der Waals surface area contributed by atoms with Crippen molar-refractivity contribution < 1.29 is 13.2 Å². The minimum Gasteiger partial charge on any atom is -0.312 e. The number of nitrogens with zero attached hydrogens (tertiary/aromatic N) is 2. The van der Waals surface area contributed by atoms with Crippen molar-refractivity contribution in [3.05, 3.63) is 54.4 Å². The molecule has 0 atom stereocenters. The van der Waals surface area contributed by atoms with Crippen molar-refractivity contribution in [2.75, 3.05) is 11.4 Å². The quantitative estimate of drug-likeness (QED) is 0.904. The molecule has 23 heavy (non-hydrogen) atoms. The Morgan fingerprint density at radius 3 is 2.57 bits per heavy atom. The molecule has 1 amide bonds. The monoisotopic (exact) mass is 331 g/mol. The first-order valence-corrected chi connectivity index (χ1v) is 8.83. The third kappa shape index (κ3) is 3.57. The van der Waals surface area contributed by atoms with Gasteiger partial charge in [-0.1, -0.05) is 6.07 Å². The van der Waals surface area contributed by atoms with Crippen LogP contribution in [0.5, 0.6) is 0 Å². The van der Waals surface area contributed by atoms with E-state index in [2.05, 4.69) is 9.71 Å². The summed E-state index contributed by atoms with van der Waals surface area (Å²) in [6.45, 7) is 0.868. The molecule has 2 aromatic rings. The summed E-state index contributed by atoms with van der Waals surface area (Å²) in [6.07, 6.45) is 4.64. The number of rotatable bonds is 5. The maximum Gasteiger partial charge on any atom is 0.240 e. The number of anilines is 1. The number of carbonyl (C=O) groups is 1. The molecule has 7 heteroatoms. The lowest BCUT2D eigenvalue weighted by Crippen LogP contribution is -2.25. The molecular weight excluding hydrogens is 314 g/mol. The van der Waals surface area contributed by atoms with E-state index in [-0.39, 0.29) is 17.3 Å². The third-order valence-electron chi connectivity index (χ3n) is 3.72. The minimum absolute atomic E-state index is 0.0790. The zero-order valence-corrected chi connectivity index (χ0v) is 13.3. The van der Waals surface area contributed by atoms with Gasteiger partial charge in [-0.15, -0.1) is 0 Å². The molecule has 0 bridgehead atoms. The highest BCUT2D eigenvalue weighted by molar-refractivity contribution is 7.89. The Labute approximate surface area is 135 Å². The van der Waals surface area contributed by atoms with Crippen molar-refractivity contribution in [3.8, 4) is 0 Å². The first kappa shape index (κ1) is 15.6. The SMILES string of the molecule is O=C1CCCN1c1ccc(S(=O)(=O)NCc2cccnc2)cc1. The van der Waals surface area contributed by atoms with Crippen LogP contribution in [-0.2, 0) is 21.4 Å². The predicted molar refractivity (Wildman–Crippen MR) is 86.3 cm³/mol. The number of nitrogens with one attached hydrogen (secondary N) is 1. The van der Waals surface area contributed by atoms with E-state index < -0.39 is 10.0 Å². The van der Waals surface area contributed by atoms with E-state index in [9.17, 15) is 13.2 Å². The van der Waals surface area contributed by atoms with E-state index in [0.29, 0.717) is 13.0 Å². The smallest absolute Gasteiger partial charge is 0.240 e. The fourth-order valence-corrected chi connectivity index (χ4v) is 3.51. The van der Waals surface area contributed by atoms with Crippen LogP contribution in [0.2, 0.25) is 0 Å². The molecule has 1 aliphatic heterocycles. The van der Waals surface area contributed by atoms with Crippen molar-refractivity contribution in [2.24, 2.45) is 0 Å². The van der Waals surface area contributed by atoms with Gasteiger partial charge in [-0.25, -0.2) is 13.1 Å². The van der Waals surface area contributed by atoms with Crippen LogP contribution in [0.1, 0.15) is 18.4 Å². The van der Waals surface area contributed by atoms with Crippen LogP contribution < -0.4 is 9.62 Å². The van der Waals surface area contributed by atoms with E-state index in [1.807, 2.05) is 0 Å². The molecule has 3 rings (SSSR count). The predicted octanol–water partition coefficient (Wildman–Crippen LogP) is 1.69. The molecule has 0 saturated carbocycles. The highest BCUT2D eigenvalue weighted by Gasteiger charge is 2.22. The fraction of sp³-hybridized carbons (Fsp3) is 0.250. The largest absolute Gasteiger partial charge is 0.312 e. The van der Waals surface area contributed by atoms with Gasteiger partial charge in [-0.05, 0) is 42.3 Å². The molecule has 1 aromatic heterocycles. The Balaban J connectivity index is 1.71. The molecule has 0 radical (unpaired) electrons. The van der Waals surface area contributed by atoms with Crippen LogP contribution in [0.25, 0.3) is 0 Å². The number of amides is 1. The first-order chi connectivity index (χ1) is 11.1. The van der Waals surface area contributed by atoms with Gasteiger partial charge in [0.05, 0.1) is 4.90 Å². The molecule has 1 aromatic carbocycles. The van der Waals surface area contributed by atoms with E-state index >= 15 is 0 Å². The van der Waals surface area contributed by atoms with E-state index in [0.717, 1.165) is 17.7 Å². The fourth-order valence-electron chi connectivity index (χ4n) is 2.49. The summed E-state index contributed by atoms with van der Waals surface area (Å²) in [5, 5.41) is 0. The molecule has 0 spiro atoms. The Kier molecular flexibility index (Phi) is 4.40. The number of carbonyl (C=O) groups excluding carboxylic acids is 1. The summed E-state index contributed by atoms with van der Waals surface area (Å²) in [5.41, 5.74) is 1.52. The van der Waals surface area contributed by atoms with Crippen molar-refractivity contribution in [2.45, 2.75) is 24.3 Å². The van der Waals surface area contributed by atoms with Gasteiger partial charge < -0.3 is 4.90 Å². The Hall–Kier alpha value is -2.25. The average molecular weight is 331 g/mol. The van der Waals surface area contributed by atoms with Gasteiger partial charge >= 0.3 is 0 Å². The number of hydrogen-bond acceptors (Lipinski definition) is 4. The Bertz CT molecular complexity index is 789. The van der Waals surface area contributed by atoms with Crippen molar-refractivity contribution in [1.82, 2.24) is 9.71 Å². The van der Waals surface area contributed by atoms with Gasteiger partial charge in [0.15, 0.2) is 0 Å². The maximum absolute atomic E-state index is 12.3. The van der Waals surface area contributed by atoms with Crippen LogP contribution in [0.3, 0.4) is 0 Å². The second-order valence-corrected chi connectivity index (χ2v) is 7.10. The van der Waals surface area contributed by atoms with Gasteiger partial charge in [-0.3, -0.25) is 9.78 Å². The zero-order valence-electron chi connectivity index (χ0n) is 12.5. The number of hydrogen-bond donors (Lipinski definition) is 1. The zero-order chi connectivity index (χ0) is 16.3. The van der Waals surface area contributed by atoms with E-state index in [4.69, 9.17) is 0 Å². The summed E-state index contributed by atoms with van der Waals surface area (Å²) in [6, 6.07) is 9.94. The minimum atomic E-state index is -3.59. The average Bonchev–Trinajstić information content (AvgIpc) is 3.00. The van der Waals surface area contributed by atoms with Crippen molar-refractivity contribution >= 4 is 21.6 Å². The summed E-state index contributed by atoms with van der Waals surface area (Å²) in [4.78, 5) is 17.5. The molecule has 1 N–H and O–H groups in total. The van der Waals surface area contributed by atoms with Gasteiger partial charge in [0.1, 0.15) is 0 Å². The molecule has 1 saturated heterocycles. The molecule has 120 valence electrons. The lowest BCUT2D eigenvalue weighted by Gasteiger charge is -2.16. The Morgan fingerprint density at radius 2 is 1.96 bits per heavy atom. The third-order valence-corrected chi connectivity index (χ3v) is 5.14. The van der Waals surface area contributed by atoms with Crippen LogP contribution in [0.4, 0.5) is 5.69 Å². The van der Waals surface area contributed by atoms with Gasteiger partial charge in [0.2, 0.25) is 15.9 Å². The first-order valence-electron chi connectivity index (χ1n) is 7.35. The standard InChI is InChI=1S/C16H17N3O3S/c20-16-4-2-10-19(16)14-5-7-15(8-6-14)23(21,22)18-12-13-3-1-9-17-11-13/h1,3,5-9,11,18H,2,4,10,12H2. The maximum atomic E-state index is 12.3. The van der Waals surface area contributed by atoms with Crippen LogP contribution in [0, 0.1) is 0 Å². The van der Waals surface area contributed by atoms with Crippen LogP contribution >= 0.6 is 0 Å². The highest BCUT2D eigenvalue weighted by Crippen LogP contribution is 2.22.